The van der Waals surface area contributed by atoms with E-state index in [1.54, 1.807) is 23.0 Å². The normalized spacial score (nSPS) is 21.9. The van der Waals surface area contributed by atoms with Crippen molar-refractivity contribution in [3.8, 4) is 5.95 Å². The molecule has 4 heterocycles. The zero-order chi connectivity index (χ0) is 19.3. The van der Waals surface area contributed by atoms with Crippen LogP contribution in [0.4, 0.5) is 10.2 Å². The van der Waals surface area contributed by atoms with E-state index in [1.807, 2.05) is 0 Å². The summed E-state index contributed by atoms with van der Waals surface area (Å²) in [7, 11) is 0. The van der Waals surface area contributed by atoms with Crippen LogP contribution < -0.4 is 5.32 Å². The highest BCUT2D eigenvalue weighted by atomic mass is 19.1. The number of nitrogens with zero attached hydrogens (tertiary/aromatic N) is 5. The van der Waals surface area contributed by atoms with Crippen molar-refractivity contribution in [1.82, 2.24) is 24.7 Å². The Bertz CT molecular complexity index is 1070. The number of amides is 1. The molecule has 2 fully saturated rings. The average molecular weight is 382 g/mol. The zero-order valence-electron chi connectivity index (χ0n) is 15.4. The number of hydrogen-bond acceptors (Lipinski definition) is 6. The Morgan fingerprint density at radius 3 is 2.96 bits per heavy atom. The van der Waals surface area contributed by atoms with Gasteiger partial charge in [0.15, 0.2) is 5.67 Å². The summed E-state index contributed by atoms with van der Waals surface area (Å²) in [6, 6.07) is 3.32. The molecule has 1 amide bonds. The summed E-state index contributed by atoms with van der Waals surface area (Å²) < 4.78 is 21.9. The van der Waals surface area contributed by atoms with Crippen LogP contribution in [0, 0.1) is 0 Å². The van der Waals surface area contributed by atoms with Gasteiger partial charge in [-0.15, -0.1) is 0 Å². The Kier molecular flexibility index (Phi) is 3.87. The van der Waals surface area contributed by atoms with Gasteiger partial charge in [-0.3, -0.25) is 4.79 Å². The highest BCUT2D eigenvalue weighted by Crippen LogP contribution is 2.43. The smallest absolute Gasteiger partial charge is 0.251 e. The van der Waals surface area contributed by atoms with Gasteiger partial charge in [0.2, 0.25) is 5.91 Å². The van der Waals surface area contributed by atoms with Crippen molar-refractivity contribution < 1.29 is 13.9 Å². The number of pyridine rings is 1. The summed E-state index contributed by atoms with van der Waals surface area (Å²) in [5, 5.41) is 8.29. The summed E-state index contributed by atoms with van der Waals surface area (Å²) in [6.07, 6.45) is 5.67. The molecule has 5 rings (SSSR count). The molecule has 8 nitrogen and oxygen atoms in total. The fraction of sp³-hybridized carbons (Fsp3) is 0.421. The summed E-state index contributed by atoms with van der Waals surface area (Å²) in [5.41, 5.74) is 0.351. The number of aromatic nitrogens is 5. The van der Waals surface area contributed by atoms with Crippen molar-refractivity contribution in [3.05, 3.63) is 35.9 Å². The van der Waals surface area contributed by atoms with Gasteiger partial charge in [-0.1, -0.05) is 0 Å². The van der Waals surface area contributed by atoms with Crippen LogP contribution in [-0.4, -0.2) is 43.9 Å². The SMILES string of the molecule is CC(=O)Nc1cc2c(cn1)c(C1CC1)nn2-c1nccc(C2(F)CCOC2)n1. The van der Waals surface area contributed by atoms with E-state index in [9.17, 15) is 4.79 Å². The Morgan fingerprint density at radius 1 is 1.39 bits per heavy atom. The lowest BCUT2D eigenvalue weighted by Gasteiger charge is -2.16. The van der Waals surface area contributed by atoms with Gasteiger partial charge >= 0.3 is 0 Å². The summed E-state index contributed by atoms with van der Waals surface area (Å²) in [5.74, 6) is 0.888. The number of nitrogens with one attached hydrogen (secondary N) is 1. The fourth-order valence-corrected chi connectivity index (χ4v) is 3.53. The van der Waals surface area contributed by atoms with E-state index >= 15 is 4.39 Å². The highest BCUT2D eigenvalue weighted by Gasteiger charge is 2.39. The predicted octanol–water partition coefficient (Wildman–Crippen LogP) is 2.63. The Balaban J connectivity index is 1.64. The molecule has 0 aromatic carbocycles. The van der Waals surface area contributed by atoms with Crippen molar-refractivity contribution in [2.75, 3.05) is 18.5 Å². The first kappa shape index (κ1) is 17.2. The molecule has 1 aliphatic heterocycles. The summed E-state index contributed by atoms with van der Waals surface area (Å²) in [6.45, 7) is 1.79. The first-order valence-electron chi connectivity index (χ1n) is 9.30. The molecular formula is C19H19FN6O2. The number of rotatable bonds is 4. The maximum Gasteiger partial charge on any atom is 0.251 e. The standard InChI is InChI=1S/C19H19FN6O2/c1-11(27)23-16-8-14-13(9-22-16)17(12-2-3-12)25-26(14)18-21-6-4-15(24-18)19(20)5-7-28-10-19/h4,6,8-9,12H,2-3,5,7,10H2,1H3,(H,22,23,27). The first-order chi connectivity index (χ1) is 13.5. The molecule has 1 atom stereocenters. The van der Waals surface area contributed by atoms with Crippen LogP contribution in [0.3, 0.4) is 0 Å². The predicted molar refractivity (Wildman–Crippen MR) is 99.0 cm³/mol. The lowest BCUT2D eigenvalue weighted by Crippen LogP contribution is -2.22. The molecule has 0 bridgehead atoms. The molecule has 144 valence electrons. The second kappa shape index (κ2) is 6.30. The third kappa shape index (κ3) is 2.91. The van der Waals surface area contributed by atoms with Gasteiger partial charge in [-0.25, -0.2) is 19.3 Å². The molecule has 1 aliphatic carbocycles. The Morgan fingerprint density at radius 2 is 2.25 bits per heavy atom. The quantitative estimate of drug-likeness (QED) is 0.745. The Hall–Kier alpha value is -2.94. The molecule has 1 N–H and O–H groups in total. The minimum Gasteiger partial charge on any atom is -0.378 e. The van der Waals surface area contributed by atoms with E-state index in [2.05, 4.69) is 20.3 Å². The number of ether oxygens (including phenoxy) is 1. The molecule has 1 saturated carbocycles. The lowest BCUT2D eigenvalue weighted by atomic mass is 10.0. The molecule has 3 aromatic rings. The number of alkyl halides is 1. The van der Waals surface area contributed by atoms with Crippen LogP contribution in [0.25, 0.3) is 16.9 Å². The summed E-state index contributed by atoms with van der Waals surface area (Å²) in [4.78, 5) is 24.5. The van der Waals surface area contributed by atoms with E-state index in [-0.39, 0.29) is 18.9 Å². The van der Waals surface area contributed by atoms with Crippen LogP contribution >= 0.6 is 0 Å². The molecule has 1 unspecified atom stereocenters. The second-order valence-corrected chi connectivity index (χ2v) is 7.35. The number of carbonyl (C=O) groups is 1. The van der Waals surface area contributed by atoms with E-state index in [0.29, 0.717) is 30.0 Å². The Labute approximate surface area is 160 Å². The van der Waals surface area contributed by atoms with Crippen LogP contribution in [-0.2, 0) is 15.2 Å². The van der Waals surface area contributed by atoms with E-state index < -0.39 is 5.67 Å². The zero-order valence-corrected chi connectivity index (χ0v) is 15.4. The fourth-order valence-electron chi connectivity index (χ4n) is 3.53. The minimum atomic E-state index is -1.61. The molecule has 1 saturated heterocycles. The van der Waals surface area contributed by atoms with Gasteiger partial charge < -0.3 is 10.1 Å². The number of halogens is 1. The van der Waals surface area contributed by atoms with Crippen molar-refractivity contribution in [2.45, 2.75) is 37.8 Å². The molecule has 9 heteroatoms. The number of anilines is 1. The number of fused-ring (bicyclic) bond motifs is 1. The monoisotopic (exact) mass is 382 g/mol. The summed E-state index contributed by atoms with van der Waals surface area (Å²) >= 11 is 0. The highest BCUT2D eigenvalue weighted by molar-refractivity contribution is 5.91. The molecule has 28 heavy (non-hydrogen) atoms. The van der Waals surface area contributed by atoms with Crippen molar-refractivity contribution in [3.63, 3.8) is 0 Å². The van der Waals surface area contributed by atoms with E-state index in [0.717, 1.165) is 29.4 Å². The van der Waals surface area contributed by atoms with Crippen molar-refractivity contribution in [2.24, 2.45) is 0 Å². The minimum absolute atomic E-state index is 0.00671. The van der Waals surface area contributed by atoms with Crippen molar-refractivity contribution in [1.29, 1.82) is 0 Å². The third-order valence-corrected chi connectivity index (χ3v) is 5.13. The molecular weight excluding hydrogens is 363 g/mol. The van der Waals surface area contributed by atoms with Crippen LogP contribution in [0.5, 0.6) is 0 Å². The molecule has 0 spiro atoms. The van der Waals surface area contributed by atoms with Gasteiger partial charge in [0.25, 0.3) is 5.95 Å². The van der Waals surface area contributed by atoms with Gasteiger partial charge in [-0.05, 0) is 18.9 Å². The van der Waals surface area contributed by atoms with Crippen molar-refractivity contribution >= 4 is 22.6 Å². The molecule has 2 aliphatic rings. The van der Waals surface area contributed by atoms with Gasteiger partial charge in [0, 0.05) is 43.1 Å². The second-order valence-electron chi connectivity index (χ2n) is 7.35. The first-order valence-corrected chi connectivity index (χ1v) is 9.30. The van der Waals surface area contributed by atoms with E-state index in [1.165, 1.54) is 13.1 Å². The third-order valence-electron chi connectivity index (χ3n) is 5.13. The van der Waals surface area contributed by atoms with Gasteiger partial charge in [0.05, 0.1) is 30.1 Å². The van der Waals surface area contributed by atoms with Crippen LogP contribution in [0.2, 0.25) is 0 Å². The number of hydrogen-bond donors (Lipinski definition) is 1. The molecule has 3 aromatic heterocycles. The van der Waals surface area contributed by atoms with E-state index in [4.69, 9.17) is 9.84 Å². The number of carbonyl (C=O) groups excluding carboxylic acids is 1. The topological polar surface area (TPSA) is 94.8 Å². The maximum absolute atomic E-state index is 15.1. The van der Waals surface area contributed by atoms with Crippen LogP contribution in [0.15, 0.2) is 24.5 Å². The van der Waals surface area contributed by atoms with Crippen LogP contribution in [0.1, 0.15) is 43.5 Å². The average Bonchev–Trinajstić information content (AvgIpc) is 3.31. The van der Waals surface area contributed by atoms with Gasteiger partial charge in [-0.2, -0.15) is 9.78 Å². The maximum atomic E-state index is 15.1. The molecule has 0 radical (unpaired) electrons. The lowest BCUT2D eigenvalue weighted by molar-refractivity contribution is -0.114. The van der Waals surface area contributed by atoms with Gasteiger partial charge in [0.1, 0.15) is 5.82 Å². The largest absolute Gasteiger partial charge is 0.378 e.